The average Bonchev–Trinajstić information content (AvgIpc) is 3.20. The van der Waals surface area contributed by atoms with E-state index < -0.39 is 15.9 Å². The summed E-state index contributed by atoms with van der Waals surface area (Å²) in [5.74, 6) is -0.126. The fourth-order valence-electron chi connectivity index (χ4n) is 4.06. The second-order valence-electron chi connectivity index (χ2n) is 8.06. The normalized spacial score (nSPS) is 22.3. The molecule has 2 unspecified atom stereocenters. The molecule has 160 valence electrons. The molecule has 2 amide bonds. The van der Waals surface area contributed by atoms with Crippen molar-refractivity contribution in [1.82, 2.24) is 5.32 Å². The Hall–Kier alpha value is -1.90. The van der Waals surface area contributed by atoms with Gasteiger partial charge in [0.2, 0.25) is 0 Å². The minimum Gasteiger partial charge on any atom is -0.348 e. The molecule has 0 saturated carbocycles. The Labute approximate surface area is 184 Å². The van der Waals surface area contributed by atoms with Crippen LogP contribution in [0.5, 0.6) is 0 Å². The van der Waals surface area contributed by atoms with Crippen molar-refractivity contribution in [1.29, 1.82) is 0 Å². The Kier molecular flexibility index (Phi) is 5.92. The fraction of sp³-hybridized carbons (Fsp3) is 0.429. The summed E-state index contributed by atoms with van der Waals surface area (Å²) in [7, 11) is -3.10. The molecule has 2 N–H and O–H groups in total. The van der Waals surface area contributed by atoms with Crippen molar-refractivity contribution in [3.05, 3.63) is 50.9 Å². The molecule has 30 heavy (non-hydrogen) atoms. The summed E-state index contributed by atoms with van der Waals surface area (Å²) in [6.45, 7) is 2.17. The van der Waals surface area contributed by atoms with Crippen LogP contribution in [0.3, 0.4) is 0 Å². The van der Waals surface area contributed by atoms with E-state index in [2.05, 4.69) is 17.6 Å². The number of nitrogens with one attached hydrogen (secondary N) is 2. The highest BCUT2D eigenvalue weighted by Crippen LogP contribution is 2.40. The number of hydrogen-bond donors (Lipinski definition) is 2. The number of hydrogen-bond acceptors (Lipinski definition) is 5. The van der Waals surface area contributed by atoms with Gasteiger partial charge in [0.05, 0.1) is 27.7 Å². The second kappa shape index (κ2) is 8.32. The third-order valence-electron chi connectivity index (χ3n) is 5.65. The van der Waals surface area contributed by atoms with Crippen LogP contribution in [-0.4, -0.2) is 37.8 Å². The maximum Gasteiger partial charge on any atom is 0.257 e. The molecule has 6 nitrogen and oxygen atoms in total. The van der Waals surface area contributed by atoms with Crippen molar-refractivity contribution in [3.8, 4) is 0 Å². The predicted octanol–water partition coefficient (Wildman–Crippen LogP) is 3.70. The van der Waals surface area contributed by atoms with Crippen LogP contribution in [0, 0.1) is 5.92 Å². The molecule has 0 bridgehead atoms. The van der Waals surface area contributed by atoms with Gasteiger partial charge in [-0.25, -0.2) is 8.42 Å². The first-order valence-electron chi connectivity index (χ1n) is 9.95. The van der Waals surface area contributed by atoms with Crippen molar-refractivity contribution in [2.75, 3.05) is 16.8 Å². The number of sulfone groups is 1. The highest BCUT2D eigenvalue weighted by molar-refractivity contribution is 7.91. The van der Waals surface area contributed by atoms with E-state index in [1.54, 1.807) is 24.3 Å². The predicted molar refractivity (Wildman–Crippen MR) is 119 cm³/mol. The molecule has 2 atom stereocenters. The van der Waals surface area contributed by atoms with Crippen molar-refractivity contribution in [2.45, 2.75) is 38.6 Å². The monoisotopic (exact) mass is 466 g/mol. The molecule has 1 aromatic carbocycles. The molecule has 1 aromatic heterocycles. The van der Waals surface area contributed by atoms with Gasteiger partial charge in [-0.1, -0.05) is 30.7 Å². The molecule has 9 heteroatoms. The van der Waals surface area contributed by atoms with E-state index in [1.165, 1.54) is 11.3 Å². The zero-order valence-electron chi connectivity index (χ0n) is 16.5. The lowest BCUT2D eigenvalue weighted by molar-refractivity contribution is 0.0941. The maximum atomic E-state index is 13.2. The number of benzene rings is 1. The second-order valence-corrected chi connectivity index (χ2v) is 11.8. The molecular weight excluding hydrogens is 444 g/mol. The molecular formula is C21H23ClN2O4S2. The van der Waals surface area contributed by atoms with Gasteiger partial charge in [-0.15, -0.1) is 11.3 Å². The smallest absolute Gasteiger partial charge is 0.257 e. The average molecular weight is 467 g/mol. The summed E-state index contributed by atoms with van der Waals surface area (Å²) < 4.78 is 23.5. The Bertz CT molecular complexity index is 1110. The third kappa shape index (κ3) is 4.40. The third-order valence-corrected chi connectivity index (χ3v) is 8.92. The Morgan fingerprint density at radius 3 is 2.63 bits per heavy atom. The van der Waals surface area contributed by atoms with Gasteiger partial charge >= 0.3 is 0 Å². The van der Waals surface area contributed by atoms with E-state index in [0.717, 1.165) is 29.7 Å². The van der Waals surface area contributed by atoms with E-state index in [-0.39, 0.29) is 23.3 Å². The SMILES string of the molecule is CC1CCc2c(sc(NC(=O)c3ccccc3Cl)c2C(=O)NC2CCS(=O)(=O)C2)C1. The lowest BCUT2D eigenvalue weighted by atomic mass is 9.88. The van der Waals surface area contributed by atoms with E-state index in [4.69, 9.17) is 11.6 Å². The van der Waals surface area contributed by atoms with Crippen LogP contribution in [0.1, 0.15) is 50.9 Å². The van der Waals surface area contributed by atoms with Gasteiger partial charge in [-0.05, 0) is 49.3 Å². The van der Waals surface area contributed by atoms with Crippen molar-refractivity contribution >= 4 is 49.6 Å². The van der Waals surface area contributed by atoms with Gasteiger partial charge in [-0.3, -0.25) is 9.59 Å². The lowest BCUT2D eigenvalue weighted by Gasteiger charge is -2.19. The van der Waals surface area contributed by atoms with Gasteiger partial charge in [0.15, 0.2) is 9.84 Å². The molecule has 2 aliphatic rings. The summed E-state index contributed by atoms with van der Waals surface area (Å²) in [6, 6.07) is 6.37. The molecule has 1 fully saturated rings. The largest absolute Gasteiger partial charge is 0.348 e. The molecule has 2 heterocycles. The van der Waals surface area contributed by atoms with Crippen LogP contribution in [0.4, 0.5) is 5.00 Å². The molecule has 2 aromatic rings. The van der Waals surface area contributed by atoms with Crippen LogP contribution in [0.15, 0.2) is 24.3 Å². The van der Waals surface area contributed by atoms with Crippen LogP contribution in [0.25, 0.3) is 0 Å². The number of fused-ring (bicyclic) bond motifs is 1. The number of carbonyl (C=O) groups is 2. The molecule has 1 saturated heterocycles. The Morgan fingerprint density at radius 2 is 1.93 bits per heavy atom. The first-order chi connectivity index (χ1) is 14.2. The molecule has 1 aliphatic carbocycles. The van der Waals surface area contributed by atoms with Gasteiger partial charge < -0.3 is 10.6 Å². The van der Waals surface area contributed by atoms with Gasteiger partial charge in [0.25, 0.3) is 11.8 Å². The van der Waals surface area contributed by atoms with Crippen molar-refractivity contribution in [3.63, 3.8) is 0 Å². The summed E-state index contributed by atoms with van der Waals surface area (Å²) in [5, 5.41) is 6.59. The molecule has 0 spiro atoms. The van der Waals surface area contributed by atoms with Crippen molar-refractivity contribution in [2.24, 2.45) is 5.92 Å². The summed E-state index contributed by atoms with van der Waals surface area (Å²) in [6.07, 6.45) is 3.01. The first-order valence-corrected chi connectivity index (χ1v) is 13.0. The number of thiophene rings is 1. The molecule has 0 radical (unpaired) electrons. The number of halogens is 1. The number of carbonyl (C=O) groups excluding carboxylic acids is 2. The van der Waals surface area contributed by atoms with Gasteiger partial charge in [-0.2, -0.15) is 0 Å². The maximum absolute atomic E-state index is 13.2. The zero-order valence-corrected chi connectivity index (χ0v) is 18.9. The quantitative estimate of drug-likeness (QED) is 0.718. The molecule has 1 aliphatic heterocycles. The number of amides is 2. The van der Waals surface area contributed by atoms with Gasteiger partial charge in [0.1, 0.15) is 5.00 Å². The topological polar surface area (TPSA) is 92.3 Å². The van der Waals surface area contributed by atoms with Crippen LogP contribution >= 0.6 is 22.9 Å². The lowest BCUT2D eigenvalue weighted by Crippen LogP contribution is -2.36. The van der Waals surface area contributed by atoms with Crippen molar-refractivity contribution < 1.29 is 18.0 Å². The van der Waals surface area contributed by atoms with Crippen LogP contribution in [0.2, 0.25) is 5.02 Å². The fourth-order valence-corrected chi connectivity index (χ4v) is 7.36. The first kappa shape index (κ1) is 21.3. The minimum absolute atomic E-state index is 0.0383. The zero-order chi connectivity index (χ0) is 21.5. The van der Waals surface area contributed by atoms with Crippen LogP contribution in [-0.2, 0) is 22.7 Å². The minimum atomic E-state index is -3.10. The summed E-state index contributed by atoms with van der Waals surface area (Å²) in [5.41, 5.74) is 1.77. The summed E-state index contributed by atoms with van der Waals surface area (Å²) in [4.78, 5) is 27.1. The van der Waals surface area contributed by atoms with E-state index in [0.29, 0.717) is 33.5 Å². The highest BCUT2D eigenvalue weighted by Gasteiger charge is 2.33. The number of anilines is 1. The Morgan fingerprint density at radius 1 is 1.17 bits per heavy atom. The van der Waals surface area contributed by atoms with Crippen LogP contribution < -0.4 is 10.6 Å². The van der Waals surface area contributed by atoms with E-state index in [1.807, 2.05) is 0 Å². The Balaban J connectivity index is 1.64. The summed E-state index contributed by atoms with van der Waals surface area (Å²) >= 11 is 7.58. The van der Waals surface area contributed by atoms with E-state index >= 15 is 0 Å². The highest BCUT2D eigenvalue weighted by atomic mass is 35.5. The standard InChI is InChI=1S/C21H23ClN2O4S2/c1-12-6-7-15-17(10-12)29-21(24-19(25)14-4-2-3-5-16(14)22)18(15)20(26)23-13-8-9-30(27,28)11-13/h2-5,12-13H,6-11H2,1H3,(H,23,26)(H,24,25). The molecule has 4 rings (SSSR count). The number of rotatable bonds is 4. The van der Waals surface area contributed by atoms with Gasteiger partial charge in [0, 0.05) is 10.9 Å². The van der Waals surface area contributed by atoms with E-state index in [9.17, 15) is 18.0 Å².